The first-order valence-corrected chi connectivity index (χ1v) is 7.76. The summed E-state index contributed by atoms with van der Waals surface area (Å²) in [4.78, 5) is 19.7. The number of H-pyrrole nitrogens is 1. The number of pyridine rings is 1. The molecule has 2 aromatic heterocycles. The van der Waals surface area contributed by atoms with Gasteiger partial charge in [-0.3, -0.25) is 9.78 Å². The van der Waals surface area contributed by atoms with Gasteiger partial charge in [0.2, 0.25) is 0 Å². The number of rotatable bonds is 2. The van der Waals surface area contributed by atoms with E-state index in [9.17, 15) is 9.90 Å². The van der Waals surface area contributed by atoms with Crippen LogP contribution in [-0.2, 0) is 6.42 Å². The molecule has 1 unspecified atom stereocenters. The highest BCUT2D eigenvalue weighted by molar-refractivity contribution is 6.06. The van der Waals surface area contributed by atoms with Crippen LogP contribution in [0.3, 0.4) is 0 Å². The second kappa shape index (κ2) is 5.52. The minimum atomic E-state index is -0.432. The van der Waals surface area contributed by atoms with Gasteiger partial charge in [-0.2, -0.15) is 0 Å². The van der Waals surface area contributed by atoms with Crippen LogP contribution >= 0.6 is 0 Å². The van der Waals surface area contributed by atoms with Crippen LogP contribution in [0.1, 0.15) is 40.6 Å². The van der Waals surface area contributed by atoms with E-state index < -0.39 is 6.10 Å². The van der Waals surface area contributed by atoms with E-state index in [2.05, 4.69) is 15.3 Å². The molecular weight excluding hydrogens is 290 g/mol. The minimum Gasteiger partial charge on any atom is -0.387 e. The van der Waals surface area contributed by atoms with Crippen LogP contribution < -0.4 is 5.32 Å². The Morgan fingerprint density at radius 1 is 1.35 bits per heavy atom. The zero-order valence-electron chi connectivity index (χ0n) is 12.5. The number of hydrogen-bond acceptors (Lipinski definition) is 3. The summed E-state index contributed by atoms with van der Waals surface area (Å²) < 4.78 is 0. The highest BCUT2D eigenvalue weighted by atomic mass is 16.3. The van der Waals surface area contributed by atoms with E-state index in [0.29, 0.717) is 11.3 Å². The van der Waals surface area contributed by atoms with E-state index in [1.165, 1.54) is 0 Å². The number of fused-ring (bicyclic) bond motifs is 3. The number of nitrogens with zero attached hydrogens (tertiary/aromatic N) is 1. The van der Waals surface area contributed by atoms with Gasteiger partial charge in [0.25, 0.3) is 5.91 Å². The van der Waals surface area contributed by atoms with Crippen LogP contribution in [0.2, 0.25) is 0 Å². The number of aliphatic hydroxyl groups excluding tert-OH is 1. The Bertz CT molecular complexity index is 871. The van der Waals surface area contributed by atoms with Crippen LogP contribution in [0.4, 0.5) is 5.69 Å². The molecule has 3 N–H and O–H groups in total. The molecule has 0 spiro atoms. The van der Waals surface area contributed by atoms with Gasteiger partial charge in [-0.1, -0.05) is 0 Å². The van der Waals surface area contributed by atoms with E-state index in [-0.39, 0.29) is 5.91 Å². The second-order valence-corrected chi connectivity index (χ2v) is 5.88. The molecule has 1 aliphatic rings. The van der Waals surface area contributed by atoms with Crippen LogP contribution in [0.5, 0.6) is 0 Å². The largest absolute Gasteiger partial charge is 0.387 e. The van der Waals surface area contributed by atoms with Gasteiger partial charge >= 0.3 is 0 Å². The van der Waals surface area contributed by atoms with Gasteiger partial charge in [-0.15, -0.1) is 0 Å². The second-order valence-electron chi connectivity index (χ2n) is 5.88. The number of anilines is 1. The van der Waals surface area contributed by atoms with Crippen LogP contribution in [0.15, 0.2) is 42.7 Å². The smallest absolute Gasteiger partial charge is 0.255 e. The third kappa shape index (κ3) is 2.49. The van der Waals surface area contributed by atoms with E-state index in [1.54, 1.807) is 30.6 Å². The van der Waals surface area contributed by atoms with Gasteiger partial charge in [0.1, 0.15) is 0 Å². The lowest BCUT2D eigenvalue weighted by atomic mass is 9.93. The fourth-order valence-electron chi connectivity index (χ4n) is 3.22. The molecule has 0 bridgehead atoms. The molecule has 116 valence electrons. The predicted octanol–water partition coefficient (Wildman–Crippen LogP) is 3.18. The van der Waals surface area contributed by atoms with Crippen LogP contribution in [0, 0.1) is 0 Å². The Hall–Kier alpha value is -2.66. The van der Waals surface area contributed by atoms with Crippen molar-refractivity contribution in [1.29, 1.82) is 0 Å². The quantitative estimate of drug-likeness (QED) is 0.680. The van der Waals surface area contributed by atoms with Gasteiger partial charge in [-0.05, 0) is 55.2 Å². The first-order valence-electron chi connectivity index (χ1n) is 7.76. The van der Waals surface area contributed by atoms with Crippen molar-refractivity contribution >= 4 is 22.5 Å². The van der Waals surface area contributed by atoms with Crippen molar-refractivity contribution in [3.8, 4) is 0 Å². The van der Waals surface area contributed by atoms with E-state index in [1.807, 2.05) is 12.1 Å². The molecule has 0 saturated carbocycles. The van der Waals surface area contributed by atoms with Crippen molar-refractivity contribution in [2.75, 3.05) is 5.32 Å². The molecule has 1 atom stereocenters. The molecule has 0 radical (unpaired) electrons. The highest BCUT2D eigenvalue weighted by Crippen LogP contribution is 2.34. The summed E-state index contributed by atoms with van der Waals surface area (Å²) in [5.41, 5.74) is 4.27. The molecule has 0 fully saturated rings. The number of benzene rings is 1. The third-order valence-electron chi connectivity index (χ3n) is 4.36. The van der Waals surface area contributed by atoms with Crippen molar-refractivity contribution in [1.82, 2.24) is 9.97 Å². The zero-order chi connectivity index (χ0) is 15.8. The molecule has 1 aliphatic carbocycles. The normalized spacial score (nSPS) is 17.0. The summed E-state index contributed by atoms with van der Waals surface area (Å²) in [6.07, 6.45) is 5.53. The number of amides is 1. The Balaban J connectivity index is 1.70. The van der Waals surface area contributed by atoms with Crippen molar-refractivity contribution in [2.45, 2.75) is 25.4 Å². The Morgan fingerprint density at radius 3 is 3.09 bits per heavy atom. The fourth-order valence-corrected chi connectivity index (χ4v) is 3.22. The van der Waals surface area contributed by atoms with E-state index >= 15 is 0 Å². The van der Waals surface area contributed by atoms with Crippen molar-refractivity contribution in [3.63, 3.8) is 0 Å². The molecule has 3 aromatic rings. The maximum atomic E-state index is 12.4. The monoisotopic (exact) mass is 307 g/mol. The standard InChI is InChI=1S/C18H17N3O2/c22-16-5-1-4-13-14-9-11(6-7-15(14)21-17(13)16)18(23)20-12-3-2-8-19-10-12/h2-3,6-10,16,21-22H,1,4-5H2,(H,20,23). The van der Waals surface area contributed by atoms with Gasteiger partial charge in [-0.25, -0.2) is 0 Å². The number of aromatic amines is 1. The SMILES string of the molecule is O=C(Nc1cccnc1)c1ccc2[nH]c3c(c2c1)CCCC3O. The highest BCUT2D eigenvalue weighted by Gasteiger charge is 2.22. The predicted molar refractivity (Wildman–Crippen MR) is 88.4 cm³/mol. The van der Waals surface area contributed by atoms with Crippen molar-refractivity contribution in [2.24, 2.45) is 0 Å². The lowest BCUT2D eigenvalue weighted by molar-refractivity contribution is 0.102. The van der Waals surface area contributed by atoms with Crippen LogP contribution in [-0.4, -0.2) is 21.0 Å². The summed E-state index contributed by atoms with van der Waals surface area (Å²) in [5.74, 6) is -0.161. The number of hydrogen-bond donors (Lipinski definition) is 3. The van der Waals surface area contributed by atoms with Crippen LogP contribution in [0.25, 0.3) is 10.9 Å². The van der Waals surface area contributed by atoms with Crippen molar-refractivity contribution in [3.05, 3.63) is 59.5 Å². The topological polar surface area (TPSA) is 78.0 Å². The van der Waals surface area contributed by atoms with Crippen molar-refractivity contribution < 1.29 is 9.90 Å². The van der Waals surface area contributed by atoms with Gasteiger partial charge < -0.3 is 15.4 Å². The number of carbonyl (C=O) groups is 1. The van der Waals surface area contributed by atoms with E-state index in [4.69, 9.17) is 0 Å². The first kappa shape index (κ1) is 14.0. The average molecular weight is 307 g/mol. The number of aromatic nitrogens is 2. The lowest BCUT2D eigenvalue weighted by Gasteiger charge is -2.17. The molecule has 5 heteroatoms. The maximum Gasteiger partial charge on any atom is 0.255 e. The molecule has 5 nitrogen and oxygen atoms in total. The Labute approximate surface area is 133 Å². The Kier molecular flexibility index (Phi) is 3.35. The fraction of sp³-hybridized carbons (Fsp3) is 0.222. The summed E-state index contributed by atoms with van der Waals surface area (Å²) in [7, 11) is 0. The summed E-state index contributed by atoms with van der Waals surface area (Å²) in [6.45, 7) is 0. The molecule has 4 rings (SSSR count). The molecule has 23 heavy (non-hydrogen) atoms. The summed E-state index contributed by atoms with van der Waals surface area (Å²) >= 11 is 0. The zero-order valence-corrected chi connectivity index (χ0v) is 12.5. The molecule has 1 amide bonds. The molecular formula is C18H17N3O2. The summed E-state index contributed by atoms with van der Waals surface area (Å²) in [5, 5.41) is 14.0. The average Bonchev–Trinajstić information content (AvgIpc) is 2.95. The third-order valence-corrected chi connectivity index (χ3v) is 4.36. The molecule has 0 aliphatic heterocycles. The summed E-state index contributed by atoms with van der Waals surface area (Å²) in [6, 6.07) is 9.18. The molecule has 2 heterocycles. The number of aryl methyl sites for hydroxylation is 1. The molecule has 1 aromatic carbocycles. The van der Waals surface area contributed by atoms with Gasteiger partial charge in [0.05, 0.1) is 18.0 Å². The number of carbonyl (C=O) groups excluding carboxylic acids is 1. The van der Waals surface area contributed by atoms with Gasteiger partial charge in [0.15, 0.2) is 0 Å². The number of aliphatic hydroxyl groups is 1. The maximum absolute atomic E-state index is 12.4. The first-order chi connectivity index (χ1) is 11.2. The molecule has 0 saturated heterocycles. The minimum absolute atomic E-state index is 0.161. The lowest BCUT2D eigenvalue weighted by Crippen LogP contribution is -2.12. The van der Waals surface area contributed by atoms with E-state index in [0.717, 1.165) is 41.4 Å². The van der Waals surface area contributed by atoms with Gasteiger partial charge in [0, 0.05) is 28.4 Å². The number of nitrogens with one attached hydrogen (secondary N) is 2. The Morgan fingerprint density at radius 2 is 2.26 bits per heavy atom.